The predicted molar refractivity (Wildman–Crippen MR) is 123 cm³/mol. The molecule has 6 nitrogen and oxygen atoms in total. The van der Waals surface area contributed by atoms with Gasteiger partial charge in [0.05, 0.1) is 12.6 Å². The van der Waals surface area contributed by atoms with E-state index >= 15 is 0 Å². The normalized spacial score (nSPS) is 12.3. The van der Waals surface area contributed by atoms with Crippen molar-refractivity contribution in [3.05, 3.63) is 35.4 Å². The second kappa shape index (κ2) is 14.7. The highest BCUT2D eigenvalue weighted by atomic mass is 127. The number of carbonyl (C=O) groups excluding carboxylic acids is 1. The van der Waals surface area contributed by atoms with Crippen LogP contribution >= 0.6 is 24.0 Å². The van der Waals surface area contributed by atoms with Gasteiger partial charge in [-0.05, 0) is 43.9 Å². The number of nitrogens with zero attached hydrogens (tertiary/aromatic N) is 1. The predicted octanol–water partition coefficient (Wildman–Crippen LogP) is 3.17. The molecule has 27 heavy (non-hydrogen) atoms. The van der Waals surface area contributed by atoms with Crippen LogP contribution in [0.25, 0.3) is 0 Å². The van der Waals surface area contributed by atoms with Crippen molar-refractivity contribution in [2.45, 2.75) is 46.8 Å². The van der Waals surface area contributed by atoms with Crippen molar-refractivity contribution in [1.29, 1.82) is 0 Å². The van der Waals surface area contributed by atoms with Gasteiger partial charge in [-0.1, -0.05) is 26.0 Å². The molecule has 1 rings (SSSR count). The van der Waals surface area contributed by atoms with Crippen LogP contribution in [0.1, 0.15) is 50.0 Å². The summed E-state index contributed by atoms with van der Waals surface area (Å²) in [6.45, 7) is 11.4. The SMILES string of the molecule is CCNC(=NCc1ccc(C(=O)NC)cc1)NCCC(OCC)C(C)C.I. The lowest BCUT2D eigenvalue weighted by Gasteiger charge is -2.21. The van der Waals surface area contributed by atoms with Gasteiger partial charge in [-0.2, -0.15) is 0 Å². The first-order chi connectivity index (χ1) is 12.5. The molecule has 0 radical (unpaired) electrons. The summed E-state index contributed by atoms with van der Waals surface area (Å²) < 4.78 is 5.78. The van der Waals surface area contributed by atoms with Gasteiger partial charge in [-0.15, -0.1) is 24.0 Å². The summed E-state index contributed by atoms with van der Waals surface area (Å²) in [7, 11) is 1.63. The first kappa shape index (κ1) is 25.6. The lowest BCUT2D eigenvalue weighted by molar-refractivity contribution is 0.0258. The van der Waals surface area contributed by atoms with Crippen LogP contribution in [0.4, 0.5) is 0 Å². The fourth-order valence-corrected chi connectivity index (χ4v) is 2.57. The van der Waals surface area contributed by atoms with Crippen molar-refractivity contribution in [3.8, 4) is 0 Å². The van der Waals surface area contributed by atoms with E-state index in [2.05, 4.69) is 34.8 Å². The molecule has 0 fully saturated rings. The molecular formula is C20H35IN4O2. The minimum Gasteiger partial charge on any atom is -0.378 e. The second-order valence-corrected chi connectivity index (χ2v) is 6.42. The van der Waals surface area contributed by atoms with E-state index in [1.165, 1.54) is 0 Å². The van der Waals surface area contributed by atoms with Crippen molar-refractivity contribution in [2.24, 2.45) is 10.9 Å². The quantitative estimate of drug-likeness (QED) is 0.268. The Morgan fingerprint density at radius 1 is 1.15 bits per heavy atom. The molecule has 0 heterocycles. The third kappa shape index (κ3) is 9.95. The standard InChI is InChI=1S/C20H34N4O2.HI/c1-6-22-20(23-13-12-18(15(3)4)26-7-2)24-14-16-8-10-17(11-9-16)19(25)21-5;/h8-11,15,18H,6-7,12-14H2,1-5H3,(H,21,25)(H2,22,23,24);1H. The monoisotopic (exact) mass is 490 g/mol. The molecule has 1 unspecified atom stereocenters. The number of benzene rings is 1. The maximum absolute atomic E-state index is 11.6. The van der Waals surface area contributed by atoms with Gasteiger partial charge in [0.25, 0.3) is 5.91 Å². The van der Waals surface area contributed by atoms with Crippen LogP contribution in [-0.2, 0) is 11.3 Å². The van der Waals surface area contributed by atoms with Crippen LogP contribution in [-0.4, -0.2) is 44.7 Å². The van der Waals surface area contributed by atoms with Gasteiger partial charge in [-0.25, -0.2) is 4.99 Å². The van der Waals surface area contributed by atoms with E-state index in [9.17, 15) is 4.79 Å². The fourth-order valence-electron chi connectivity index (χ4n) is 2.57. The van der Waals surface area contributed by atoms with E-state index in [1.807, 2.05) is 38.1 Å². The Morgan fingerprint density at radius 2 is 1.81 bits per heavy atom. The van der Waals surface area contributed by atoms with Crippen LogP contribution in [0.3, 0.4) is 0 Å². The Kier molecular flexibility index (Phi) is 13.9. The van der Waals surface area contributed by atoms with E-state index in [1.54, 1.807) is 7.05 Å². The Morgan fingerprint density at radius 3 is 2.33 bits per heavy atom. The zero-order chi connectivity index (χ0) is 19.4. The summed E-state index contributed by atoms with van der Waals surface area (Å²) in [5, 5.41) is 9.25. The summed E-state index contributed by atoms with van der Waals surface area (Å²) in [6, 6.07) is 7.50. The molecule has 0 bridgehead atoms. The highest BCUT2D eigenvalue weighted by Gasteiger charge is 2.13. The number of ether oxygens (including phenoxy) is 1. The maximum atomic E-state index is 11.6. The summed E-state index contributed by atoms with van der Waals surface area (Å²) >= 11 is 0. The van der Waals surface area contributed by atoms with Crippen molar-refractivity contribution in [3.63, 3.8) is 0 Å². The zero-order valence-corrected chi connectivity index (χ0v) is 19.5. The summed E-state index contributed by atoms with van der Waals surface area (Å²) in [6.07, 6.45) is 1.20. The summed E-state index contributed by atoms with van der Waals surface area (Å²) in [5.74, 6) is 1.21. The van der Waals surface area contributed by atoms with Crippen molar-refractivity contribution < 1.29 is 9.53 Å². The number of guanidine groups is 1. The third-order valence-corrected chi connectivity index (χ3v) is 4.05. The molecule has 1 aromatic rings. The van der Waals surface area contributed by atoms with Gasteiger partial charge in [0.2, 0.25) is 0 Å². The average molecular weight is 490 g/mol. The molecule has 1 atom stereocenters. The number of carbonyl (C=O) groups is 1. The Balaban J connectivity index is 0.00000676. The number of aliphatic imine (C=N–C) groups is 1. The van der Waals surface area contributed by atoms with E-state index in [0.29, 0.717) is 18.0 Å². The molecular weight excluding hydrogens is 455 g/mol. The van der Waals surface area contributed by atoms with Crippen LogP contribution in [0, 0.1) is 5.92 Å². The Hall–Kier alpha value is -1.35. The number of hydrogen-bond donors (Lipinski definition) is 3. The lowest BCUT2D eigenvalue weighted by atomic mass is 10.0. The second-order valence-electron chi connectivity index (χ2n) is 6.42. The van der Waals surface area contributed by atoms with Crippen LogP contribution in [0.2, 0.25) is 0 Å². The molecule has 0 aliphatic rings. The lowest BCUT2D eigenvalue weighted by Crippen LogP contribution is -2.39. The maximum Gasteiger partial charge on any atom is 0.251 e. The molecule has 0 aliphatic heterocycles. The molecule has 7 heteroatoms. The average Bonchev–Trinajstić information content (AvgIpc) is 2.65. The van der Waals surface area contributed by atoms with E-state index in [4.69, 9.17) is 4.74 Å². The van der Waals surface area contributed by atoms with Crippen molar-refractivity contribution in [2.75, 3.05) is 26.7 Å². The van der Waals surface area contributed by atoms with Gasteiger partial charge >= 0.3 is 0 Å². The minimum absolute atomic E-state index is 0. The van der Waals surface area contributed by atoms with Gasteiger partial charge in [0.15, 0.2) is 5.96 Å². The van der Waals surface area contributed by atoms with E-state index < -0.39 is 0 Å². The number of rotatable bonds is 10. The van der Waals surface area contributed by atoms with Crippen molar-refractivity contribution in [1.82, 2.24) is 16.0 Å². The first-order valence-corrected chi connectivity index (χ1v) is 9.46. The number of halogens is 1. The highest BCUT2D eigenvalue weighted by molar-refractivity contribution is 14.0. The molecule has 3 N–H and O–H groups in total. The molecule has 0 spiro atoms. The van der Waals surface area contributed by atoms with Crippen LogP contribution in [0.5, 0.6) is 0 Å². The largest absolute Gasteiger partial charge is 0.378 e. The first-order valence-electron chi connectivity index (χ1n) is 9.46. The molecule has 0 aromatic heterocycles. The van der Waals surface area contributed by atoms with Crippen molar-refractivity contribution >= 4 is 35.8 Å². The topological polar surface area (TPSA) is 74.8 Å². The molecule has 0 saturated carbocycles. The minimum atomic E-state index is -0.0796. The van der Waals surface area contributed by atoms with Gasteiger partial charge in [0.1, 0.15) is 0 Å². The smallest absolute Gasteiger partial charge is 0.251 e. The Bertz CT molecular complexity index is 562. The Labute approximate surface area is 181 Å². The third-order valence-electron chi connectivity index (χ3n) is 4.05. The van der Waals surface area contributed by atoms with Crippen LogP contribution in [0.15, 0.2) is 29.3 Å². The van der Waals surface area contributed by atoms with Gasteiger partial charge < -0.3 is 20.7 Å². The molecule has 1 amide bonds. The summed E-state index contributed by atoms with van der Waals surface area (Å²) in [4.78, 5) is 16.2. The van der Waals surface area contributed by atoms with Crippen LogP contribution < -0.4 is 16.0 Å². The highest BCUT2D eigenvalue weighted by Crippen LogP contribution is 2.10. The molecule has 0 saturated heterocycles. The number of nitrogens with one attached hydrogen (secondary N) is 3. The molecule has 154 valence electrons. The molecule has 1 aromatic carbocycles. The number of amides is 1. The van der Waals surface area contributed by atoms with Gasteiger partial charge in [0, 0.05) is 32.3 Å². The summed E-state index contributed by atoms with van der Waals surface area (Å²) in [5.41, 5.74) is 1.71. The van der Waals surface area contributed by atoms with Gasteiger partial charge in [-0.3, -0.25) is 4.79 Å². The van der Waals surface area contributed by atoms with E-state index in [-0.39, 0.29) is 36.0 Å². The van der Waals surface area contributed by atoms with E-state index in [0.717, 1.165) is 37.6 Å². The fraction of sp³-hybridized carbons (Fsp3) is 0.600. The number of hydrogen-bond acceptors (Lipinski definition) is 3. The zero-order valence-electron chi connectivity index (χ0n) is 17.2. The molecule has 0 aliphatic carbocycles.